The highest BCUT2D eigenvalue weighted by molar-refractivity contribution is 5.89. The molecule has 1 aliphatic rings. The van der Waals surface area contributed by atoms with Gasteiger partial charge in [-0.25, -0.2) is 4.79 Å². The van der Waals surface area contributed by atoms with Gasteiger partial charge < -0.3 is 18.9 Å². The number of carbonyl (C=O) groups is 2. The maximum absolute atomic E-state index is 12.2. The minimum atomic E-state index is -0.903. The van der Waals surface area contributed by atoms with Gasteiger partial charge in [0.05, 0.1) is 31.8 Å². The maximum Gasteiger partial charge on any atom is 0.341 e. The molecule has 0 saturated carbocycles. The van der Waals surface area contributed by atoms with Gasteiger partial charge in [-0.2, -0.15) is 0 Å². The largest absolute Gasteiger partial charge is 0.497 e. The summed E-state index contributed by atoms with van der Waals surface area (Å²) in [6.45, 7) is 2.38. The van der Waals surface area contributed by atoms with Crippen LogP contribution in [0.3, 0.4) is 0 Å². The van der Waals surface area contributed by atoms with Crippen LogP contribution in [-0.2, 0) is 25.6 Å². The fourth-order valence-corrected chi connectivity index (χ4v) is 2.84. The van der Waals surface area contributed by atoms with Crippen LogP contribution in [0.5, 0.6) is 5.75 Å². The minimum absolute atomic E-state index is 0.200. The van der Waals surface area contributed by atoms with Crippen molar-refractivity contribution in [1.29, 1.82) is 0 Å². The molecule has 2 aromatic carbocycles. The molecule has 0 aromatic heterocycles. The molecule has 1 aliphatic heterocycles. The van der Waals surface area contributed by atoms with Crippen LogP contribution in [0.4, 0.5) is 0 Å². The van der Waals surface area contributed by atoms with Gasteiger partial charge in [0, 0.05) is 5.92 Å². The summed E-state index contributed by atoms with van der Waals surface area (Å²) in [5.74, 6) is -0.921. The number of rotatable bonds is 7. The summed E-state index contributed by atoms with van der Waals surface area (Å²) < 4.78 is 21.4. The van der Waals surface area contributed by atoms with Crippen LogP contribution in [-0.4, -0.2) is 31.9 Å². The first-order valence-corrected chi connectivity index (χ1v) is 8.75. The molecule has 142 valence electrons. The van der Waals surface area contributed by atoms with Gasteiger partial charge in [0.25, 0.3) is 6.29 Å². The number of carbonyl (C=O) groups excluding carboxylic acids is 2. The predicted molar refractivity (Wildman–Crippen MR) is 97.0 cm³/mol. The third-order valence-electron chi connectivity index (χ3n) is 4.56. The van der Waals surface area contributed by atoms with Gasteiger partial charge in [-0.15, -0.1) is 0 Å². The fourth-order valence-electron chi connectivity index (χ4n) is 2.84. The van der Waals surface area contributed by atoms with E-state index in [0.717, 1.165) is 11.3 Å². The number of hydrogen-bond acceptors (Lipinski definition) is 6. The van der Waals surface area contributed by atoms with Crippen LogP contribution >= 0.6 is 0 Å². The van der Waals surface area contributed by atoms with Crippen LogP contribution < -0.4 is 4.74 Å². The van der Waals surface area contributed by atoms with Crippen molar-refractivity contribution in [2.75, 3.05) is 13.7 Å². The molecule has 0 radical (unpaired) electrons. The van der Waals surface area contributed by atoms with Gasteiger partial charge in [-0.05, 0) is 29.8 Å². The van der Waals surface area contributed by atoms with Crippen molar-refractivity contribution in [3.63, 3.8) is 0 Å². The number of hydrogen-bond donors (Lipinski definition) is 0. The third kappa shape index (κ3) is 4.65. The van der Waals surface area contributed by atoms with Crippen molar-refractivity contribution in [3.05, 3.63) is 65.7 Å². The van der Waals surface area contributed by atoms with Gasteiger partial charge in [0.15, 0.2) is 0 Å². The highest BCUT2D eigenvalue weighted by Gasteiger charge is 2.44. The Labute approximate surface area is 158 Å². The Hall–Kier alpha value is -2.86. The molecule has 3 rings (SSSR count). The molecule has 3 atom stereocenters. The molecule has 0 N–H and O–H groups in total. The average molecular weight is 370 g/mol. The highest BCUT2D eigenvalue weighted by atomic mass is 16.7. The molecular weight excluding hydrogens is 348 g/mol. The summed E-state index contributed by atoms with van der Waals surface area (Å²) in [4.78, 5) is 24.3. The predicted octanol–water partition coefficient (Wildman–Crippen LogP) is 3.20. The highest BCUT2D eigenvalue weighted by Crippen LogP contribution is 2.30. The summed E-state index contributed by atoms with van der Waals surface area (Å²) in [7, 11) is 1.61. The van der Waals surface area contributed by atoms with Crippen LogP contribution in [0.15, 0.2) is 54.6 Å². The maximum atomic E-state index is 12.2. The first kappa shape index (κ1) is 18.9. The SMILES string of the molecule is COc1ccc(COC[C@H]2C(=O)O[C@@H](OC(=O)c3ccccc3)[C@H]2C)cc1. The third-order valence-corrected chi connectivity index (χ3v) is 4.56. The molecule has 0 spiro atoms. The quantitative estimate of drug-likeness (QED) is 0.697. The van der Waals surface area contributed by atoms with E-state index in [2.05, 4.69) is 0 Å². The topological polar surface area (TPSA) is 71.1 Å². The standard InChI is InChI=1S/C21H22O6/c1-14-18(13-25-12-15-8-10-17(24-2)11-9-15)20(23)27-21(14)26-19(22)16-6-4-3-5-7-16/h3-11,14,18,21H,12-13H2,1-2H3/t14-,18+,21+/m0/s1. The Kier molecular flexibility index (Phi) is 6.08. The zero-order valence-electron chi connectivity index (χ0n) is 15.3. The van der Waals surface area contributed by atoms with Crippen molar-refractivity contribution >= 4 is 11.9 Å². The van der Waals surface area contributed by atoms with Crippen LogP contribution in [0.2, 0.25) is 0 Å². The second-order valence-electron chi connectivity index (χ2n) is 6.41. The molecule has 0 bridgehead atoms. The second-order valence-corrected chi connectivity index (χ2v) is 6.41. The number of cyclic esters (lactones) is 1. The van der Waals surface area contributed by atoms with E-state index >= 15 is 0 Å². The first-order valence-electron chi connectivity index (χ1n) is 8.75. The molecule has 27 heavy (non-hydrogen) atoms. The zero-order valence-corrected chi connectivity index (χ0v) is 15.3. The van der Waals surface area contributed by atoms with Crippen molar-refractivity contribution in [1.82, 2.24) is 0 Å². The molecule has 6 nitrogen and oxygen atoms in total. The summed E-state index contributed by atoms with van der Waals surface area (Å²) in [6, 6.07) is 16.1. The second kappa shape index (κ2) is 8.68. The lowest BCUT2D eigenvalue weighted by molar-refractivity contribution is -0.158. The van der Waals surface area contributed by atoms with Crippen molar-refractivity contribution in [3.8, 4) is 5.75 Å². The summed E-state index contributed by atoms with van der Waals surface area (Å²) in [5, 5.41) is 0. The van der Waals surface area contributed by atoms with E-state index in [9.17, 15) is 9.59 Å². The molecule has 0 unspecified atom stereocenters. The Bertz CT molecular complexity index is 771. The number of ether oxygens (including phenoxy) is 4. The lowest BCUT2D eigenvalue weighted by Crippen LogP contribution is -2.26. The minimum Gasteiger partial charge on any atom is -0.497 e. The van der Waals surface area contributed by atoms with Gasteiger partial charge in [0.2, 0.25) is 0 Å². The summed E-state index contributed by atoms with van der Waals surface area (Å²) >= 11 is 0. The first-order chi connectivity index (χ1) is 13.1. The lowest BCUT2D eigenvalue weighted by atomic mass is 9.97. The summed E-state index contributed by atoms with van der Waals surface area (Å²) in [5.41, 5.74) is 1.39. The van der Waals surface area contributed by atoms with E-state index in [1.54, 1.807) is 31.4 Å². The number of benzene rings is 2. The van der Waals surface area contributed by atoms with Crippen molar-refractivity contribution in [2.24, 2.45) is 11.8 Å². The molecular formula is C21H22O6. The molecule has 0 aliphatic carbocycles. The smallest absolute Gasteiger partial charge is 0.341 e. The van der Waals surface area contributed by atoms with Crippen molar-refractivity contribution in [2.45, 2.75) is 19.8 Å². The normalized spacial score (nSPS) is 21.6. The van der Waals surface area contributed by atoms with Gasteiger partial charge >= 0.3 is 11.9 Å². The molecule has 0 amide bonds. The zero-order chi connectivity index (χ0) is 19.2. The Morgan fingerprint density at radius 3 is 2.44 bits per heavy atom. The molecule has 1 heterocycles. The van der Waals surface area contributed by atoms with Crippen LogP contribution in [0, 0.1) is 11.8 Å². The monoisotopic (exact) mass is 370 g/mol. The average Bonchev–Trinajstić information content (AvgIpc) is 2.96. The Morgan fingerprint density at radius 1 is 1.07 bits per heavy atom. The molecule has 1 saturated heterocycles. The van der Waals surface area contributed by atoms with Gasteiger partial charge in [-0.1, -0.05) is 37.3 Å². The van der Waals surface area contributed by atoms with Crippen LogP contribution in [0.25, 0.3) is 0 Å². The van der Waals surface area contributed by atoms with Crippen molar-refractivity contribution < 1.29 is 28.5 Å². The van der Waals surface area contributed by atoms with E-state index in [0.29, 0.717) is 12.2 Å². The van der Waals surface area contributed by atoms with Crippen LogP contribution in [0.1, 0.15) is 22.8 Å². The number of methoxy groups -OCH3 is 1. The summed E-state index contributed by atoms with van der Waals surface area (Å²) in [6.07, 6.45) is -0.903. The van der Waals surface area contributed by atoms with E-state index in [1.807, 2.05) is 37.3 Å². The van der Waals surface area contributed by atoms with E-state index < -0.39 is 24.1 Å². The molecule has 2 aromatic rings. The Balaban J connectivity index is 1.51. The van der Waals surface area contributed by atoms with E-state index in [1.165, 1.54) is 0 Å². The lowest BCUT2D eigenvalue weighted by Gasteiger charge is -2.17. The fraction of sp³-hybridized carbons (Fsp3) is 0.333. The number of esters is 2. The van der Waals surface area contributed by atoms with E-state index in [-0.39, 0.29) is 12.5 Å². The van der Waals surface area contributed by atoms with E-state index in [4.69, 9.17) is 18.9 Å². The van der Waals surface area contributed by atoms with Gasteiger partial charge in [0.1, 0.15) is 5.75 Å². The Morgan fingerprint density at radius 2 is 1.78 bits per heavy atom. The molecule has 6 heteroatoms. The van der Waals surface area contributed by atoms with Gasteiger partial charge in [-0.3, -0.25) is 4.79 Å². The molecule has 1 fully saturated rings.